The smallest absolute Gasteiger partial charge is 0.256 e. The highest BCUT2D eigenvalue weighted by Gasteiger charge is 2.19. The van der Waals surface area contributed by atoms with Gasteiger partial charge >= 0.3 is 0 Å². The molecule has 6 nitrogen and oxygen atoms in total. The topological polar surface area (TPSA) is 69.3 Å². The number of aromatic nitrogens is 2. The van der Waals surface area contributed by atoms with Crippen molar-refractivity contribution in [3.8, 4) is 0 Å². The molecule has 8 heteroatoms. The van der Waals surface area contributed by atoms with Gasteiger partial charge in [-0.15, -0.1) is 0 Å². The van der Waals surface area contributed by atoms with Gasteiger partial charge in [0.05, 0.1) is 22.0 Å². The summed E-state index contributed by atoms with van der Waals surface area (Å²) in [5, 5.41) is 7.17. The number of carbonyl (C=O) groups excluding carboxylic acids is 2. The van der Waals surface area contributed by atoms with Crippen molar-refractivity contribution >= 4 is 35.0 Å². The van der Waals surface area contributed by atoms with E-state index in [1.54, 1.807) is 49.5 Å². The number of nitrogens with one attached hydrogen (secondary N) is 1. The Morgan fingerprint density at radius 3 is 2.29 bits per heavy atom. The van der Waals surface area contributed by atoms with E-state index in [0.717, 1.165) is 5.69 Å². The van der Waals surface area contributed by atoms with Crippen molar-refractivity contribution in [2.24, 2.45) is 0 Å². The van der Waals surface area contributed by atoms with Gasteiger partial charge in [-0.3, -0.25) is 14.7 Å². The van der Waals surface area contributed by atoms with Crippen LogP contribution in [0.4, 0.5) is 0 Å². The lowest BCUT2D eigenvalue weighted by molar-refractivity contribution is -0.129. The first kappa shape index (κ1) is 18.3. The molecule has 2 rings (SSSR count). The summed E-state index contributed by atoms with van der Waals surface area (Å²) in [4.78, 5) is 27.6. The van der Waals surface area contributed by atoms with Gasteiger partial charge in [-0.05, 0) is 18.2 Å². The van der Waals surface area contributed by atoms with Crippen molar-refractivity contribution in [1.29, 1.82) is 0 Å². The lowest BCUT2D eigenvalue weighted by Gasteiger charge is -2.23. The molecule has 0 spiro atoms. The molecule has 2 aromatic rings. The van der Waals surface area contributed by atoms with Crippen molar-refractivity contribution in [2.75, 3.05) is 27.2 Å². The normalized spacial score (nSPS) is 10.5. The van der Waals surface area contributed by atoms with Gasteiger partial charge in [0.15, 0.2) is 0 Å². The Kier molecular flexibility index (Phi) is 6.23. The second-order valence-electron chi connectivity index (χ2n) is 5.40. The van der Waals surface area contributed by atoms with Crippen LogP contribution in [0.25, 0.3) is 0 Å². The van der Waals surface area contributed by atoms with Gasteiger partial charge < -0.3 is 9.80 Å². The minimum absolute atomic E-state index is 0.0594. The number of hydrogen-bond donors (Lipinski definition) is 1. The van der Waals surface area contributed by atoms with E-state index in [-0.39, 0.29) is 23.8 Å². The quantitative estimate of drug-likeness (QED) is 0.851. The number of H-pyrrole nitrogens is 1. The predicted octanol–water partition coefficient (Wildman–Crippen LogP) is 2.49. The molecule has 128 valence electrons. The van der Waals surface area contributed by atoms with E-state index in [2.05, 4.69) is 10.2 Å². The molecule has 24 heavy (non-hydrogen) atoms. The molecule has 0 aliphatic rings. The van der Waals surface area contributed by atoms with Crippen LogP contribution >= 0.6 is 23.2 Å². The second-order valence-corrected chi connectivity index (χ2v) is 6.21. The summed E-state index contributed by atoms with van der Waals surface area (Å²) in [6.45, 7) is 0.767. The maximum Gasteiger partial charge on any atom is 0.256 e. The predicted molar refractivity (Wildman–Crippen MR) is 93.4 cm³/mol. The second kappa shape index (κ2) is 8.17. The van der Waals surface area contributed by atoms with Crippen LogP contribution in [0.5, 0.6) is 0 Å². The van der Waals surface area contributed by atoms with Gasteiger partial charge in [0.2, 0.25) is 5.91 Å². The zero-order valence-electron chi connectivity index (χ0n) is 13.4. The Morgan fingerprint density at radius 2 is 1.71 bits per heavy atom. The van der Waals surface area contributed by atoms with E-state index < -0.39 is 0 Å². The van der Waals surface area contributed by atoms with Crippen molar-refractivity contribution in [2.45, 2.75) is 6.42 Å². The summed E-state index contributed by atoms with van der Waals surface area (Å²) in [5.74, 6) is -0.337. The molecule has 0 aliphatic heterocycles. The van der Waals surface area contributed by atoms with Crippen molar-refractivity contribution in [3.05, 3.63) is 51.8 Å². The molecule has 1 aromatic carbocycles. The highest BCUT2D eigenvalue weighted by Crippen LogP contribution is 2.25. The fourth-order valence-electron chi connectivity index (χ4n) is 2.10. The minimum Gasteiger partial charge on any atom is -0.344 e. The molecule has 0 fully saturated rings. The number of hydrogen-bond acceptors (Lipinski definition) is 3. The third-order valence-electron chi connectivity index (χ3n) is 3.62. The maximum absolute atomic E-state index is 12.5. The fraction of sp³-hybridized carbons (Fsp3) is 0.312. The number of rotatable bonds is 6. The molecule has 0 unspecified atom stereocenters. The zero-order valence-corrected chi connectivity index (χ0v) is 14.9. The summed E-state index contributed by atoms with van der Waals surface area (Å²) < 4.78 is 0. The van der Waals surface area contributed by atoms with Crippen molar-refractivity contribution in [1.82, 2.24) is 20.0 Å². The Morgan fingerprint density at radius 1 is 1.08 bits per heavy atom. The monoisotopic (exact) mass is 368 g/mol. The summed E-state index contributed by atoms with van der Waals surface area (Å²) in [6.07, 6.45) is 1.84. The maximum atomic E-state index is 12.5. The number of halogens is 2. The highest BCUT2D eigenvalue weighted by atomic mass is 35.5. The number of aromatic amines is 1. The number of carbonyl (C=O) groups is 2. The van der Waals surface area contributed by atoms with Crippen LogP contribution in [0.1, 0.15) is 16.1 Å². The van der Waals surface area contributed by atoms with Crippen LogP contribution in [0, 0.1) is 0 Å². The van der Waals surface area contributed by atoms with Crippen LogP contribution in [0.2, 0.25) is 10.0 Å². The molecule has 1 heterocycles. The Bertz CT molecular complexity index is 699. The third-order valence-corrected chi connectivity index (χ3v) is 4.25. The lowest BCUT2D eigenvalue weighted by atomic mass is 10.2. The third kappa shape index (κ3) is 4.49. The van der Waals surface area contributed by atoms with E-state index in [1.807, 2.05) is 0 Å². The van der Waals surface area contributed by atoms with E-state index >= 15 is 0 Å². The number of nitrogens with zero attached hydrogens (tertiary/aromatic N) is 3. The molecule has 1 N–H and O–H groups in total. The molecule has 1 aromatic heterocycles. The van der Waals surface area contributed by atoms with Crippen LogP contribution in [0.3, 0.4) is 0 Å². The van der Waals surface area contributed by atoms with Crippen LogP contribution in [-0.2, 0) is 11.2 Å². The molecule has 0 atom stereocenters. The minimum atomic E-state index is -0.278. The molecule has 0 saturated heterocycles. The molecule has 0 bridgehead atoms. The molecule has 0 saturated carbocycles. The summed E-state index contributed by atoms with van der Waals surface area (Å²) in [7, 11) is 3.34. The summed E-state index contributed by atoms with van der Waals surface area (Å²) in [6, 6.07) is 6.67. The first-order chi connectivity index (χ1) is 11.4. The average molecular weight is 369 g/mol. The van der Waals surface area contributed by atoms with Crippen LogP contribution in [-0.4, -0.2) is 59.0 Å². The molecular weight excluding hydrogens is 351 g/mol. The lowest BCUT2D eigenvalue weighted by Crippen LogP contribution is -2.38. The SMILES string of the molecule is CN(CCN(C)C(=O)c1c(Cl)cccc1Cl)C(=O)Cc1ccn[nH]1. The van der Waals surface area contributed by atoms with E-state index in [4.69, 9.17) is 23.2 Å². The Labute approximate surface area is 150 Å². The number of likely N-dealkylation sites (N-methyl/N-ethyl adjacent to an activating group) is 2. The van der Waals surface area contributed by atoms with E-state index in [9.17, 15) is 9.59 Å². The largest absolute Gasteiger partial charge is 0.344 e. The number of benzene rings is 1. The first-order valence-corrected chi connectivity index (χ1v) is 8.07. The summed E-state index contributed by atoms with van der Waals surface area (Å²) >= 11 is 12.1. The van der Waals surface area contributed by atoms with Gasteiger partial charge in [-0.25, -0.2) is 0 Å². The molecule has 0 aliphatic carbocycles. The average Bonchev–Trinajstić information content (AvgIpc) is 3.04. The van der Waals surface area contributed by atoms with E-state index in [1.165, 1.54) is 4.90 Å². The van der Waals surface area contributed by atoms with Crippen LogP contribution in [0.15, 0.2) is 30.5 Å². The van der Waals surface area contributed by atoms with Crippen LogP contribution < -0.4 is 0 Å². The van der Waals surface area contributed by atoms with Gasteiger partial charge in [0.25, 0.3) is 5.91 Å². The van der Waals surface area contributed by atoms with Gasteiger partial charge in [-0.1, -0.05) is 29.3 Å². The highest BCUT2D eigenvalue weighted by molar-refractivity contribution is 6.39. The molecular formula is C16H18Cl2N4O2. The Balaban J connectivity index is 1.91. The van der Waals surface area contributed by atoms with Crippen molar-refractivity contribution < 1.29 is 9.59 Å². The standard InChI is InChI=1S/C16H18Cl2N4O2/c1-21(14(23)10-11-6-7-19-20-11)8-9-22(2)16(24)15-12(17)4-3-5-13(15)18/h3-7H,8-10H2,1-2H3,(H,19,20). The molecule has 0 radical (unpaired) electrons. The van der Waals surface area contributed by atoms with Gasteiger partial charge in [-0.2, -0.15) is 5.10 Å². The first-order valence-electron chi connectivity index (χ1n) is 7.32. The van der Waals surface area contributed by atoms with Gasteiger partial charge in [0.1, 0.15) is 0 Å². The summed E-state index contributed by atoms with van der Waals surface area (Å²) in [5.41, 5.74) is 1.02. The van der Waals surface area contributed by atoms with Gasteiger partial charge in [0, 0.05) is 39.1 Å². The van der Waals surface area contributed by atoms with Crippen molar-refractivity contribution in [3.63, 3.8) is 0 Å². The zero-order chi connectivity index (χ0) is 17.7. The fourth-order valence-corrected chi connectivity index (χ4v) is 2.66. The Hall–Kier alpha value is -2.05. The molecule has 2 amide bonds. The van der Waals surface area contributed by atoms with E-state index in [0.29, 0.717) is 23.1 Å². The number of amides is 2.